The molecule has 0 aromatic carbocycles. The van der Waals surface area contributed by atoms with E-state index in [1.807, 2.05) is 13.2 Å². The average molecular weight is 181 g/mol. The van der Waals surface area contributed by atoms with Crippen LogP contribution in [0, 0.1) is 0 Å². The SMILES string of the molecule is CC/C=C(\[C]=O)c1csc(N)n1. The third-order valence-electron chi connectivity index (χ3n) is 1.32. The summed E-state index contributed by atoms with van der Waals surface area (Å²) < 4.78 is 0. The van der Waals surface area contributed by atoms with Crippen LogP contribution in [0.3, 0.4) is 0 Å². The van der Waals surface area contributed by atoms with Crippen molar-refractivity contribution in [1.29, 1.82) is 0 Å². The number of aromatic nitrogens is 1. The van der Waals surface area contributed by atoms with Gasteiger partial charge >= 0.3 is 0 Å². The molecule has 1 heterocycles. The molecule has 0 spiro atoms. The van der Waals surface area contributed by atoms with Crippen LogP contribution in [0.2, 0.25) is 0 Å². The van der Waals surface area contributed by atoms with Gasteiger partial charge < -0.3 is 5.73 Å². The molecule has 12 heavy (non-hydrogen) atoms. The van der Waals surface area contributed by atoms with Crippen LogP contribution in [0.5, 0.6) is 0 Å². The molecule has 0 fully saturated rings. The first-order valence-electron chi connectivity index (χ1n) is 3.57. The summed E-state index contributed by atoms with van der Waals surface area (Å²) in [5, 5.41) is 2.23. The van der Waals surface area contributed by atoms with Crippen molar-refractivity contribution in [2.24, 2.45) is 0 Å². The van der Waals surface area contributed by atoms with Gasteiger partial charge in [-0.05, 0) is 6.42 Å². The number of anilines is 1. The molecule has 0 saturated heterocycles. The molecule has 63 valence electrons. The highest BCUT2D eigenvalue weighted by molar-refractivity contribution is 7.13. The molecule has 1 radical (unpaired) electrons. The van der Waals surface area contributed by atoms with Crippen molar-refractivity contribution in [2.75, 3.05) is 5.73 Å². The van der Waals surface area contributed by atoms with E-state index in [0.29, 0.717) is 16.4 Å². The minimum atomic E-state index is 0.474. The Balaban J connectivity index is 2.94. The molecular formula is C8H9N2OS. The number of allylic oxidation sites excluding steroid dienone is 2. The van der Waals surface area contributed by atoms with Crippen LogP contribution in [0.25, 0.3) is 5.57 Å². The molecule has 0 amide bonds. The molecular weight excluding hydrogens is 172 g/mol. The highest BCUT2D eigenvalue weighted by Gasteiger charge is 2.04. The van der Waals surface area contributed by atoms with Crippen LogP contribution in [-0.4, -0.2) is 11.3 Å². The second-order valence-electron chi connectivity index (χ2n) is 2.20. The summed E-state index contributed by atoms with van der Waals surface area (Å²) in [5.74, 6) is 0. The predicted octanol–water partition coefficient (Wildman–Crippen LogP) is 1.63. The first kappa shape index (κ1) is 8.93. The lowest BCUT2D eigenvalue weighted by Gasteiger charge is -1.89. The lowest BCUT2D eigenvalue weighted by molar-refractivity contribution is 0.565. The van der Waals surface area contributed by atoms with Crippen molar-refractivity contribution >= 4 is 28.3 Å². The van der Waals surface area contributed by atoms with Gasteiger partial charge in [0, 0.05) is 11.0 Å². The van der Waals surface area contributed by atoms with Crippen LogP contribution in [0.1, 0.15) is 19.0 Å². The van der Waals surface area contributed by atoms with E-state index in [2.05, 4.69) is 4.98 Å². The Morgan fingerprint density at radius 3 is 3.08 bits per heavy atom. The Morgan fingerprint density at radius 2 is 2.67 bits per heavy atom. The Morgan fingerprint density at radius 1 is 1.92 bits per heavy atom. The number of carbonyl (C=O) groups excluding carboxylic acids is 1. The average Bonchev–Trinajstić information content (AvgIpc) is 2.47. The van der Waals surface area contributed by atoms with Gasteiger partial charge in [0.25, 0.3) is 0 Å². The smallest absolute Gasteiger partial charge is 0.235 e. The highest BCUT2D eigenvalue weighted by atomic mass is 32.1. The third-order valence-corrected chi connectivity index (χ3v) is 1.99. The minimum absolute atomic E-state index is 0.474. The quantitative estimate of drug-likeness (QED) is 0.721. The molecule has 0 aliphatic carbocycles. The molecule has 4 heteroatoms. The summed E-state index contributed by atoms with van der Waals surface area (Å²) in [7, 11) is 0. The fraction of sp³-hybridized carbons (Fsp3) is 0.250. The maximum atomic E-state index is 10.4. The summed E-state index contributed by atoms with van der Waals surface area (Å²) in [6.07, 6.45) is 4.41. The summed E-state index contributed by atoms with van der Waals surface area (Å²) in [5.41, 5.74) is 6.53. The van der Waals surface area contributed by atoms with Crippen molar-refractivity contribution in [2.45, 2.75) is 13.3 Å². The topological polar surface area (TPSA) is 56.0 Å². The van der Waals surface area contributed by atoms with Gasteiger partial charge in [0.1, 0.15) is 0 Å². The second kappa shape index (κ2) is 4.01. The zero-order valence-electron chi connectivity index (χ0n) is 6.70. The van der Waals surface area contributed by atoms with Gasteiger partial charge in [-0.25, -0.2) is 4.98 Å². The molecule has 0 bridgehead atoms. The van der Waals surface area contributed by atoms with Gasteiger partial charge in [-0.2, -0.15) is 0 Å². The Hall–Kier alpha value is -1.16. The van der Waals surface area contributed by atoms with Gasteiger partial charge in [0.15, 0.2) is 5.13 Å². The number of nitrogens with two attached hydrogens (primary N) is 1. The molecule has 1 aromatic rings. The van der Waals surface area contributed by atoms with Crippen molar-refractivity contribution in [3.05, 3.63) is 17.2 Å². The maximum absolute atomic E-state index is 10.4. The first-order valence-corrected chi connectivity index (χ1v) is 4.45. The molecule has 2 N–H and O–H groups in total. The zero-order valence-corrected chi connectivity index (χ0v) is 7.52. The number of thiazole rings is 1. The molecule has 0 aliphatic rings. The minimum Gasteiger partial charge on any atom is -0.375 e. The van der Waals surface area contributed by atoms with E-state index in [9.17, 15) is 4.79 Å². The van der Waals surface area contributed by atoms with Crippen molar-refractivity contribution < 1.29 is 4.79 Å². The zero-order chi connectivity index (χ0) is 8.97. The Labute approximate surface area is 74.9 Å². The van der Waals surface area contributed by atoms with E-state index in [1.165, 1.54) is 11.3 Å². The van der Waals surface area contributed by atoms with E-state index in [-0.39, 0.29) is 0 Å². The van der Waals surface area contributed by atoms with E-state index in [1.54, 1.807) is 11.5 Å². The highest BCUT2D eigenvalue weighted by Crippen LogP contribution is 2.17. The van der Waals surface area contributed by atoms with E-state index in [0.717, 1.165) is 6.42 Å². The monoisotopic (exact) mass is 181 g/mol. The molecule has 3 nitrogen and oxygen atoms in total. The number of hydrogen-bond acceptors (Lipinski definition) is 4. The van der Waals surface area contributed by atoms with Crippen LogP contribution >= 0.6 is 11.3 Å². The molecule has 0 atom stereocenters. The summed E-state index contributed by atoms with van der Waals surface area (Å²) in [6, 6.07) is 0. The van der Waals surface area contributed by atoms with Crippen LogP contribution in [0.15, 0.2) is 11.5 Å². The molecule has 0 unspecified atom stereocenters. The molecule has 1 aromatic heterocycles. The van der Waals surface area contributed by atoms with Gasteiger partial charge in [-0.15, -0.1) is 11.3 Å². The van der Waals surface area contributed by atoms with Crippen molar-refractivity contribution in [1.82, 2.24) is 4.98 Å². The van der Waals surface area contributed by atoms with Crippen LogP contribution in [-0.2, 0) is 4.79 Å². The standard InChI is InChI=1S/C8H9N2OS/c1-2-3-6(4-11)7-5-12-8(9)10-7/h3,5H,2H2,1H3,(H2,9,10)/b6-3+. The van der Waals surface area contributed by atoms with E-state index >= 15 is 0 Å². The van der Waals surface area contributed by atoms with E-state index < -0.39 is 0 Å². The lowest BCUT2D eigenvalue weighted by Crippen LogP contribution is -1.88. The summed E-state index contributed by atoms with van der Waals surface area (Å²) in [4.78, 5) is 14.4. The molecule has 0 aliphatic heterocycles. The van der Waals surface area contributed by atoms with Gasteiger partial charge in [-0.3, -0.25) is 4.79 Å². The van der Waals surface area contributed by atoms with Crippen molar-refractivity contribution in [3.63, 3.8) is 0 Å². The lowest BCUT2D eigenvalue weighted by atomic mass is 10.2. The Kier molecular flexibility index (Phi) is 2.99. The summed E-state index contributed by atoms with van der Waals surface area (Å²) >= 11 is 1.32. The van der Waals surface area contributed by atoms with Crippen LogP contribution in [0.4, 0.5) is 5.13 Å². The number of nitrogens with zero attached hydrogens (tertiary/aromatic N) is 1. The van der Waals surface area contributed by atoms with Crippen LogP contribution < -0.4 is 5.73 Å². The largest absolute Gasteiger partial charge is 0.375 e. The fourth-order valence-electron chi connectivity index (χ4n) is 0.814. The molecule has 1 rings (SSSR count). The predicted molar refractivity (Wildman–Crippen MR) is 50.5 cm³/mol. The number of hydrogen-bond donors (Lipinski definition) is 1. The van der Waals surface area contributed by atoms with Crippen molar-refractivity contribution in [3.8, 4) is 0 Å². The summed E-state index contributed by atoms with van der Waals surface area (Å²) in [6.45, 7) is 1.95. The van der Waals surface area contributed by atoms with E-state index in [4.69, 9.17) is 5.73 Å². The van der Waals surface area contributed by atoms with Gasteiger partial charge in [0.2, 0.25) is 6.29 Å². The maximum Gasteiger partial charge on any atom is 0.235 e. The third kappa shape index (κ3) is 1.92. The van der Waals surface area contributed by atoms with Gasteiger partial charge in [0.05, 0.1) is 5.69 Å². The van der Waals surface area contributed by atoms with Gasteiger partial charge in [-0.1, -0.05) is 13.0 Å². The normalized spacial score (nSPS) is 11.6. The Bertz CT molecular complexity index is 304. The fourth-order valence-corrected chi connectivity index (χ4v) is 1.38. The first-order chi connectivity index (χ1) is 5.77. The number of nitrogen functional groups attached to an aromatic ring is 1. The molecule has 0 saturated carbocycles. The second-order valence-corrected chi connectivity index (χ2v) is 3.09. The number of rotatable bonds is 3.